The van der Waals surface area contributed by atoms with Crippen LogP contribution in [0, 0.1) is 0 Å². The van der Waals surface area contributed by atoms with Crippen LogP contribution in [0.5, 0.6) is 0 Å². The third-order valence-electron chi connectivity index (χ3n) is 2.67. The van der Waals surface area contributed by atoms with Gasteiger partial charge >= 0.3 is 0 Å². The van der Waals surface area contributed by atoms with Crippen LogP contribution in [0.25, 0.3) is 0 Å². The van der Waals surface area contributed by atoms with Gasteiger partial charge < -0.3 is 10.2 Å². The first kappa shape index (κ1) is 10.4. The zero-order valence-electron chi connectivity index (χ0n) is 9.24. The van der Waals surface area contributed by atoms with Crippen LogP contribution in [-0.2, 0) is 6.42 Å². The van der Waals surface area contributed by atoms with Gasteiger partial charge in [-0.2, -0.15) is 0 Å². The summed E-state index contributed by atoms with van der Waals surface area (Å²) in [4.78, 5) is 11.1. The second kappa shape index (κ2) is 5.07. The molecule has 1 aliphatic rings. The smallest absolute Gasteiger partial charge is 0.132 e. The van der Waals surface area contributed by atoms with Gasteiger partial charge in [0.15, 0.2) is 0 Å². The molecule has 2 heterocycles. The maximum absolute atomic E-state index is 4.54. The van der Waals surface area contributed by atoms with E-state index in [1.807, 2.05) is 12.3 Å². The van der Waals surface area contributed by atoms with Gasteiger partial charge in [-0.3, -0.25) is 0 Å². The molecule has 1 fully saturated rings. The highest BCUT2D eigenvalue weighted by Crippen LogP contribution is 2.11. The fraction of sp³-hybridized carbons (Fsp3) is 0.636. The monoisotopic (exact) mass is 206 g/mol. The highest BCUT2D eigenvalue weighted by molar-refractivity contribution is 5.37. The summed E-state index contributed by atoms with van der Waals surface area (Å²) in [5.74, 6) is 2.01. The number of nitrogens with zero attached hydrogens (tertiary/aromatic N) is 3. The van der Waals surface area contributed by atoms with Gasteiger partial charge in [-0.05, 0) is 19.0 Å². The van der Waals surface area contributed by atoms with Gasteiger partial charge in [0.1, 0.15) is 11.6 Å². The molecule has 0 amide bonds. The molecule has 82 valence electrons. The fourth-order valence-corrected chi connectivity index (χ4v) is 1.81. The molecule has 0 aliphatic carbocycles. The molecule has 0 spiro atoms. The molecule has 1 saturated heterocycles. The van der Waals surface area contributed by atoms with Crippen LogP contribution in [0.4, 0.5) is 5.82 Å². The zero-order valence-corrected chi connectivity index (χ0v) is 9.24. The van der Waals surface area contributed by atoms with Crippen molar-refractivity contribution in [3.63, 3.8) is 0 Å². The lowest BCUT2D eigenvalue weighted by atomic mass is 10.3. The molecule has 0 atom stereocenters. The quantitative estimate of drug-likeness (QED) is 0.778. The van der Waals surface area contributed by atoms with Crippen LogP contribution in [-0.4, -0.2) is 36.1 Å². The first-order chi connectivity index (χ1) is 7.40. The van der Waals surface area contributed by atoms with Crippen molar-refractivity contribution >= 4 is 5.82 Å². The van der Waals surface area contributed by atoms with E-state index in [1.165, 1.54) is 6.42 Å². The van der Waals surface area contributed by atoms with E-state index >= 15 is 0 Å². The van der Waals surface area contributed by atoms with Crippen LogP contribution in [0.15, 0.2) is 12.3 Å². The fourth-order valence-electron chi connectivity index (χ4n) is 1.81. The lowest BCUT2D eigenvalue weighted by molar-refractivity contribution is 0.724. The summed E-state index contributed by atoms with van der Waals surface area (Å²) in [5, 5.41) is 3.39. The first-order valence-corrected chi connectivity index (χ1v) is 5.67. The molecule has 0 bridgehead atoms. The van der Waals surface area contributed by atoms with Crippen LogP contribution in [0.3, 0.4) is 0 Å². The van der Waals surface area contributed by atoms with Crippen molar-refractivity contribution in [2.45, 2.75) is 19.8 Å². The van der Waals surface area contributed by atoms with E-state index in [4.69, 9.17) is 0 Å². The van der Waals surface area contributed by atoms with Gasteiger partial charge in [0.2, 0.25) is 0 Å². The predicted octanol–water partition coefficient (Wildman–Crippen LogP) is 0.839. The third kappa shape index (κ3) is 2.65. The Bertz CT molecular complexity index is 305. The maximum Gasteiger partial charge on any atom is 0.132 e. The number of hydrogen-bond donors (Lipinski definition) is 1. The van der Waals surface area contributed by atoms with E-state index in [0.717, 1.165) is 44.2 Å². The van der Waals surface area contributed by atoms with Gasteiger partial charge in [-0.1, -0.05) is 6.92 Å². The number of nitrogens with one attached hydrogen (secondary N) is 1. The topological polar surface area (TPSA) is 41.1 Å². The Labute approximate surface area is 90.7 Å². The number of hydrogen-bond acceptors (Lipinski definition) is 4. The number of rotatable bonds is 2. The van der Waals surface area contributed by atoms with Crippen molar-refractivity contribution in [3.8, 4) is 0 Å². The lowest BCUT2D eigenvalue weighted by Gasteiger charge is -2.20. The summed E-state index contributed by atoms with van der Waals surface area (Å²) < 4.78 is 0. The average molecular weight is 206 g/mol. The molecule has 2 rings (SSSR count). The van der Waals surface area contributed by atoms with Crippen molar-refractivity contribution in [2.75, 3.05) is 31.1 Å². The van der Waals surface area contributed by atoms with Crippen molar-refractivity contribution in [2.24, 2.45) is 0 Å². The Hall–Kier alpha value is -1.16. The SMILES string of the molecule is CCc1nccc(N2CCCNCC2)n1. The Morgan fingerprint density at radius 1 is 1.40 bits per heavy atom. The Kier molecular flexibility index (Phi) is 3.50. The van der Waals surface area contributed by atoms with Crippen LogP contribution in [0.1, 0.15) is 19.2 Å². The maximum atomic E-state index is 4.54. The van der Waals surface area contributed by atoms with Gasteiger partial charge in [0.25, 0.3) is 0 Å². The second-order valence-corrected chi connectivity index (χ2v) is 3.78. The van der Waals surface area contributed by atoms with Crippen molar-refractivity contribution in [1.29, 1.82) is 0 Å². The van der Waals surface area contributed by atoms with E-state index < -0.39 is 0 Å². The molecule has 1 N–H and O–H groups in total. The van der Waals surface area contributed by atoms with E-state index in [1.54, 1.807) is 0 Å². The normalized spacial score (nSPS) is 17.5. The highest BCUT2D eigenvalue weighted by Gasteiger charge is 2.10. The molecular formula is C11H18N4. The zero-order chi connectivity index (χ0) is 10.5. The summed E-state index contributed by atoms with van der Waals surface area (Å²) in [5.41, 5.74) is 0. The Balaban J connectivity index is 2.12. The second-order valence-electron chi connectivity index (χ2n) is 3.78. The summed E-state index contributed by atoms with van der Waals surface area (Å²) >= 11 is 0. The standard InChI is InChI=1S/C11H18N4/c1-2-10-13-6-4-11(14-10)15-8-3-5-12-7-9-15/h4,6,12H,2-3,5,7-9H2,1H3. The molecule has 1 aliphatic heterocycles. The number of anilines is 1. The first-order valence-electron chi connectivity index (χ1n) is 5.67. The minimum Gasteiger partial charge on any atom is -0.355 e. The molecule has 0 aromatic carbocycles. The summed E-state index contributed by atoms with van der Waals surface area (Å²) in [7, 11) is 0. The third-order valence-corrected chi connectivity index (χ3v) is 2.67. The largest absolute Gasteiger partial charge is 0.355 e. The van der Waals surface area contributed by atoms with E-state index in [9.17, 15) is 0 Å². The van der Waals surface area contributed by atoms with Gasteiger partial charge in [0, 0.05) is 32.3 Å². The molecule has 1 aromatic rings. The van der Waals surface area contributed by atoms with Crippen LogP contribution >= 0.6 is 0 Å². The van der Waals surface area contributed by atoms with Gasteiger partial charge in [-0.15, -0.1) is 0 Å². The van der Waals surface area contributed by atoms with Gasteiger partial charge in [-0.25, -0.2) is 9.97 Å². The van der Waals surface area contributed by atoms with E-state index in [2.05, 4.69) is 27.1 Å². The average Bonchev–Trinajstić information content (AvgIpc) is 2.58. The van der Waals surface area contributed by atoms with Crippen molar-refractivity contribution in [3.05, 3.63) is 18.1 Å². The summed E-state index contributed by atoms with van der Waals surface area (Å²) in [6.07, 6.45) is 3.95. The molecule has 0 unspecified atom stereocenters. The molecule has 4 nitrogen and oxygen atoms in total. The summed E-state index contributed by atoms with van der Waals surface area (Å²) in [6, 6.07) is 2.00. The van der Waals surface area contributed by atoms with Crippen molar-refractivity contribution < 1.29 is 0 Å². The Morgan fingerprint density at radius 3 is 3.20 bits per heavy atom. The minimum absolute atomic E-state index is 0.903. The molecule has 15 heavy (non-hydrogen) atoms. The van der Waals surface area contributed by atoms with Crippen LogP contribution in [0.2, 0.25) is 0 Å². The predicted molar refractivity (Wildman–Crippen MR) is 61.1 cm³/mol. The minimum atomic E-state index is 0.903. The molecule has 1 aromatic heterocycles. The van der Waals surface area contributed by atoms with Gasteiger partial charge in [0.05, 0.1) is 0 Å². The molecule has 0 radical (unpaired) electrons. The number of aryl methyl sites for hydroxylation is 1. The van der Waals surface area contributed by atoms with Crippen LogP contribution < -0.4 is 10.2 Å². The molecular weight excluding hydrogens is 188 g/mol. The van der Waals surface area contributed by atoms with E-state index in [0.29, 0.717) is 0 Å². The lowest BCUT2D eigenvalue weighted by Crippen LogP contribution is -2.28. The van der Waals surface area contributed by atoms with E-state index in [-0.39, 0.29) is 0 Å². The number of aromatic nitrogens is 2. The summed E-state index contributed by atoms with van der Waals surface area (Å²) in [6.45, 7) is 6.38. The molecule has 4 heteroatoms. The highest BCUT2D eigenvalue weighted by atomic mass is 15.2. The van der Waals surface area contributed by atoms with Crippen molar-refractivity contribution in [1.82, 2.24) is 15.3 Å². The Morgan fingerprint density at radius 2 is 2.33 bits per heavy atom. The molecule has 0 saturated carbocycles.